The zero-order valence-corrected chi connectivity index (χ0v) is 18.3. The predicted octanol–water partition coefficient (Wildman–Crippen LogP) is 3.87. The van der Waals surface area contributed by atoms with Crippen LogP contribution in [0.5, 0.6) is 0 Å². The summed E-state index contributed by atoms with van der Waals surface area (Å²) in [5.41, 5.74) is 0. The lowest BCUT2D eigenvalue weighted by Crippen LogP contribution is -2.23. The summed E-state index contributed by atoms with van der Waals surface area (Å²) < 4.78 is 10.5. The SMILES string of the molecule is CCC(=O)NCCCSSCCSCC(C)C(=O)OCCOC(C)C.[HH]. The van der Waals surface area contributed by atoms with Crippen molar-refractivity contribution in [3.05, 3.63) is 0 Å². The molecule has 1 N–H and O–H groups in total. The van der Waals surface area contributed by atoms with Gasteiger partial charge in [0.05, 0.1) is 18.6 Å². The maximum Gasteiger partial charge on any atom is 0.309 e. The molecule has 0 saturated carbocycles. The van der Waals surface area contributed by atoms with Crippen molar-refractivity contribution in [2.45, 2.75) is 46.6 Å². The number of hydrogen-bond acceptors (Lipinski definition) is 7. The summed E-state index contributed by atoms with van der Waals surface area (Å²) in [6.07, 6.45) is 1.72. The van der Waals surface area contributed by atoms with Crippen molar-refractivity contribution < 1.29 is 20.5 Å². The summed E-state index contributed by atoms with van der Waals surface area (Å²) in [4.78, 5) is 22.9. The van der Waals surface area contributed by atoms with Gasteiger partial charge < -0.3 is 14.8 Å². The molecule has 0 aliphatic rings. The Morgan fingerprint density at radius 1 is 1.08 bits per heavy atom. The Morgan fingerprint density at radius 3 is 2.48 bits per heavy atom. The maximum atomic E-state index is 11.8. The van der Waals surface area contributed by atoms with Gasteiger partial charge in [-0.1, -0.05) is 35.4 Å². The highest BCUT2D eigenvalue weighted by atomic mass is 33.1. The molecule has 0 heterocycles. The molecule has 5 nitrogen and oxygen atoms in total. The average Bonchev–Trinajstić information content (AvgIpc) is 2.59. The first-order valence-corrected chi connectivity index (χ1v) is 12.5. The lowest BCUT2D eigenvalue weighted by atomic mass is 10.2. The van der Waals surface area contributed by atoms with Gasteiger partial charge in [0.2, 0.25) is 5.91 Å². The molecule has 0 spiro atoms. The third kappa shape index (κ3) is 17.1. The molecule has 0 aliphatic heterocycles. The first-order valence-electron chi connectivity index (χ1n) is 8.84. The zero-order valence-electron chi connectivity index (χ0n) is 15.9. The van der Waals surface area contributed by atoms with Gasteiger partial charge in [0, 0.05) is 37.4 Å². The Bertz CT molecular complexity index is 363. The lowest BCUT2D eigenvalue weighted by molar-refractivity contribution is -0.149. The van der Waals surface area contributed by atoms with Crippen LogP contribution < -0.4 is 5.32 Å². The number of thioether (sulfide) groups is 1. The van der Waals surface area contributed by atoms with E-state index in [1.807, 2.05) is 49.3 Å². The minimum atomic E-state index is -0.143. The molecule has 0 aromatic heterocycles. The van der Waals surface area contributed by atoms with Crippen LogP contribution in [0.2, 0.25) is 0 Å². The van der Waals surface area contributed by atoms with Crippen molar-refractivity contribution in [3.63, 3.8) is 0 Å². The third-order valence-electron chi connectivity index (χ3n) is 2.99. The van der Waals surface area contributed by atoms with Crippen molar-refractivity contribution in [1.82, 2.24) is 5.32 Å². The van der Waals surface area contributed by atoms with Crippen molar-refractivity contribution >= 4 is 45.2 Å². The second-order valence-electron chi connectivity index (χ2n) is 5.76. The largest absolute Gasteiger partial charge is 0.463 e. The summed E-state index contributed by atoms with van der Waals surface area (Å²) in [5.74, 6) is 3.81. The maximum absolute atomic E-state index is 11.8. The molecule has 1 amide bonds. The Kier molecular flexibility index (Phi) is 17.3. The summed E-state index contributed by atoms with van der Waals surface area (Å²) in [7, 11) is 3.69. The van der Waals surface area contributed by atoms with E-state index in [1.54, 1.807) is 11.8 Å². The first kappa shape index (κ1) is 24.9. The molecular formula is C17H35NO4S3. The summed E-state index contributed by atoms with van der Waals surface area (Å²) in [6, 6.07) is 0. The van der Waals surface area contributed by atoms with E-state index in [1.165, 1.54) is 0 Å². The molecule has 0 aromatic rings. The molecule has 1 unspecified atom stereocenters. The van der Waals surface area contributed by atoms with Crippen LogP contribution in [0.1, 0.15) is 42.0 Å². The van der Waals surface area contributed by atoms with Gasteiger partial charge in [0.15, 0.2) is 0 Å². The first-order chi connectivity index (χ1) is 12.0. The average molecular weight is 414 g/mol. The minimum Gasteiger partial charge on any atom is -0.463 e. The van der Waals surface area contributed by atoms with Crippen LogP contribution in [0, 0.1) is 5.92 Å². The molecule has 150 valence electrons. The van der Waals surface area contributed by atoms with Crippen LogP contribution in [0.3, 0.4) is 0 Å². The van der Waals surface area contributed by atoms with Gasteiger partial charge in [-0.3, -0.25) is 9.59 Å². The van der Waals surface area contributed by atoms with Crippen LogP contribution in [0.4, 0.5) is 0 Å². The molecule has 0 radical (unpaired) electrons. The van der Waals surface area contributed by atoms with Gasteiger partial charge >= 0.3 is 5.97 Å². The molecule has 1 atom stereocenters. The van der Waals surface area contributed by atoms with Crippen LogP contribution in [-0.2, 0) is 19.1 Å². The van der Waals surface area contributed by atoms with Crippen molar-refractivity contribution in [2.75, 3.05) is 42.8 Å². The van der Waals surface area contributed by atoms with Gasteiger partial charge in [-0.05, 0) is 20.3 Å². The molecule has 8 heteroatoms. The highest BCUT2D eigenvalue weighted by molar-refractivity contribution is 8.76. The van der Waals surface area contributed by atoms with Gasteiger partial charge in [0.1, 0.15) is 6.61 Å². The van der Waals surface area contributed by atoms with Crippen LogP contribution in [0.25, 0.3) is 0 Å². The second-order valence-corrected chi connectivity index (χ2v) is 9.62. The monoisotopic (exact) mass is 413 g/mol. The minimum absolute atomic E-state index is 0. The number of ether oxygens (including phenoxy) is 2. The number of hydrogen-bond donors (Lipinski definition) is 1. The summed E-state index contributed by atoms with van der Waals surface area (Å²) >= 11 is 1.79. The topological polar surface area (TPSA) is 64.6 Å². The van der Waals surface area contributed by atoms with E-state index in [4.69, 9.17) is 9.47 Å². The van der Waals surface area contributed by atoms with E-state index < -0.39 is 0 Å². The second kappa shape index (κ2) is 17.4. The van der Waals surface area contributed by atoms with E-state index in [0.717, 1.165) is 36.0 Å². The van der Waals surface area contributed by atoms with Gasteiger partial charge in [-0.25, -0.2) is 0 Å². The Balaban J connectivity index is 0. The molecular weight excluding hydrogens is 378 g/mol. The number of nitrogens with one attached hydrogen (secondary N) is 1. The fourth-order valence-electron chi connectivity index (χ4n) is 1.59. The quantitative estimate of drug-likeness (QED) is 0.234. The van der Waals surface area contributed by atoms with Gasteiger partial charge in [0.25, 0.3) is 0 Å². The molecule has 25 heavy (non-hydrogen) atoms. The highest BCUT2D eigenvalue weighted by Crippen LogP contribution is 2.23. The fraction of sp³-hybridized carbons (Fsp3) is 0.882. The van der Waals surface area contributed by atoms with E-state index in [-0.39, 0.29) is 25.3 Å². The summed E-state index contributed by atoms with van der Waals surface area (Å²) in [5, 5.41) is 2.87. The molecule has 0 aromatic carbocycles. The van der Waals surface area contributed by atoms with E-state index >= 15 is 0 Å². The number of rotatable bonds is 16. The summed E-state index contributed by atoms with van der Waals surface area (Å²) in [6.45, 7) is 9.24. The highest BCUT2D eigenvalue weighted by Gasteiger charge is 2.14. The van der Waals surface area contributed by atoms with Gasteiger partial charge in [-0.2, -0.15) is 11.8 Å². The number of carbonyl (C=O) groups is 2. The normalized spacial score (nSPS) is 12.2. The fourth-order valence-corrected chi connectivity index (χ4v) is 5.16. The Labute approximate surface area is 166 Å². The Hall–Kier alpha value is -0.0500. The van der Waals surface area contributed by atoms with E-state index in [2.05, 4.69) is 5.32 Å². The molecule has 0 rings (SSSR count). The standard InChI is InChI=1S/C17H33NO4S3.H2/c1-5-16(19)18-7-6-10-24-25-12-11-23-13-15(4)17(20)22-9-8-21-14(2)3;/h14-15H,5-13H2,1-4H3,(H,18,19);1H. The zero-order chi connectivity index (χ0) is 18.9. The third-order valence-corrected chi connectivity index (χ3v) is 6.97. The molecule has 0 saturated heterocycles. The number of esters is 1. The van der Waals surface area contributed by atoms with Crippen LogP contribution in [0.15, 0.2) is 0 Å². The predicted molar refractivity (Wildman–Crippen MR) is 113 cm³/mol. The van der Waals surface area contributed by atoms with E-state index in [0.29, 0.717) is 19.6 Å². The molecule has 0 fully saturated rings. The lowest BCUT2D eigenvalue weighted by Gasteiger charge is -2.12. The van der Waals surface area contributed by atoms with E-state index in [9.17, 15) is 9.59 Å². The smallest absolute Gasteiger partial charge is 0.309 e. The van der Waals surface area contributed by atoms with Crippen LogP contribution >= 0.6 is 33.3 Å². The van der Waals surface area contributed by atoms with Crippen molar-refractivity contribution in [2.24, 2.45) is 5.92 Å². The van der Waals surface area contributed by atoms with Crippen LogP contribution in [-0.4, -0.2) is 60.8 Å². The molecule has 0 bridgehead atoms. The number of carbonyl (C=O) groups excluding carboxylic acids is 2. The van der Waals surface area contributed by atoms with Crippen molar-refractivity contribution in [3.8, 4) is 0 Å². The van der Waals surface area contributed by atoms with Gasteiger partial charge in [-0.15, -0.1) is 0 Å². The molecule has 0 aliphatic carbocycles. The Morgan fingerprint density at radius 2 is 1.80 bits per heavy atom. The number of amides is 1. The van der Waals surface area contributed by atoms with Crippen molar-refractivity contribution in [1.29, 1.82) is 0 Å².